The minimum atomic E-state index is -0.219. The molecule has 1 amide bonds. The van der Waals surface area contributed by atoms with Gasteiger partial charge in [0.15, 0.2) is 0 Å². The molecule has 0 saturated heterocycles. The Morgan fingerprint density at radius 2 is 2.00 bits per heavy atom. The Balaban J connectivity index is 2.56. The van der Waals surface area contributed by atoms with Crippen molar-refractivity contribution in [2.45, 2.75) is 0 Å². The van der Waals surface area contributed by atoms with E-state index in [1.54, 1.807) is 7.05 Å². The van der Waals surface area contributed by atoms with E-state index in [1.165, 1.54) is 6.20 Å². The lowest BCUT2D eigenvalue weighted by Gasteiger charge is -1.99. The molecule has 70 valence electrons. The molecule has 4 heteroatoms. The van der Waals surface area contributed by atoms with Gasteiger partial charge in [-0.05, 0) is 12.1 Å². The second-order valence-electron chi connectivity index (χ2n) is 2.82. The SMILES string of the molecule is CNC(=O)c1cnc2ccccc2n1. The summed E-state index contributed by atoms with van der Waals surface area (Å²) < 4.78 is 0. The molecular weight excluding hydrogens is 178 g/mol. The van der Waals surface area contributed by atoms with Gasteiger partial charge >= 0.3 is 0 Å². The zero-order valence-corrected chi connectivity index (χ0v) is 7.69. The number of para-hydroxylation sites is 2. The van der Waals surface area contributed by atoms with Crippen molar-refractivity contribution in [2.75, 3.05) is 7.05 Å². The van der Waals surface area contributed by atoms with E-state index in [0.29, 0.717) is 5.69 Å². The van der Waals surface area contributed by atoms with Crippen LogP contribution in [0.5, 0.6) is 0 Å². The quantitative estimate of drug-likeness (QED) is 0.724. The number of carbonyl (C=O) groups excluding carboxylic acids is 1. The van der Waals surface area contributed by atoms with Crippen LogP contribution in [0.25, 0.3) is 11.0 Å². The van der Waals surface area contributed by atoms with Gasteiger partial charge in [0.2, 0.25) is 0 Å². The summed E-state index contributed by atoms with van der Waals surface area (Å²) in [5, 5.41) is 2.50. The Kier molecular flexibility index (Phi) is 2.10. The highest BCUT2D eigenvalue weighted by Gasteiger charge is 2.05. The predicted octanol–water partition coefficient (Wildman–Crippen LogP) is 0.989. The van der Waals surface area contributed by atoms with Gasteiger partial charge < -0.3 is 5.32 Å². The second kappa shape index (κ2) is 3.41. The number of carbonyl (C=O) groups is 1. The van der Waals surface area contributed by atoms with Crippen molar-refractivity contribution in [1.29, 1.82) is 0 Å². The number of nitrogens with one attached hydrogen (secondary N) is 1. The second-order valence-corrected chi connectivity index (χ2v) is 2.82. The van der Waals surface area contributed by atoms with Crippen molar-refractivity contribution >= 4 is 16.9 Å². The topological polar surface area (TPSA) is 54.9 Å². The Hall–Kier alpha value is -1.97. The van der Waals surface area contributed by atoms with Crippen molar-refractivity contribution in [3.05, 3.63) is 36.2 Å². The predicted molar refractivity (Wildman–Crippen MR) is 52.9 cm³/mol. The Bertz CT molecular complexity index is 482. The zero-order valence-electron chi connectivity index (χ0n) is 7.69. The fourth-order valence-electron chi connectivity index (χ4n) is 1.19. The fourth-order valence-corrected chi connectivity index (χ4v) is 1.19. The van der Waals surface area contributed by atoms with Crippen molar-refractivity contribution < 1.29 is 4.79 Å². The van der Waals surface area contributed by atoms with Crippen LogP contribution in [0.4, 0.5) is 0 Å². The Morgan fingerprint density at radius 3 is 2.71 bits per heavy atom. The number of fused-ring (bicyclic) bond motifs is 1. The van der Waals surface area contributed by atoms with Crippen molar-refractivity contribution in [3.8, 4) is 0 Å². The van der Waals surface area contributed by atoms with Crippen molar-refractivity contribution in [3.63, 3.8) is 0 Å². The number of amides is 1. The molecule has 1 heterocycles. The molecule has 0 unspecified atom stereocenters. The summed E-state index contributed by atoms with van der Waals surface area (Å²) in [5.41, 5.74) is 1.86. The first-order chi connectivity index (χ1) is 6.81. The largest absolute Gasteiger partial charge is 0.354 e. The average molecular weight is 187 g/mol. The van der Waals surface area contributed by atoms with Crippen LogP contribution >= 0.6 is 0 Å². The van der Waals surface area contributed by atoms with Gasteiger partial charge in [-0.15, -0.1) is 0 Å². The summed E-state index contributed by atoms with van der Waals surface area (Å²) in [6, 6.07) is 7.44. The highest BCUT2D eigenvalue weighted by molar-refractivity contribution is 5.93. The summed E-state index contributed by atoms with van der Waals surface area (Å²) in [6.07, 6.45) is 1.47. The van der Waals surface area contributed by atoms with E-state index in [0.717, 1.165) is 11.0 Å². The molecule has 1 N–H and O–H groups in total. The molecule has 0 saturated carbocycles. The molecule has 4 nitrogen and oxygen atoms in total. The molecule has 0 spiro atoms. The Labute approximate surface area is 81.0 Å². The van der Waals surface area contributed by atoms with Crippen LogP contribution in [0.2, 0.25) is 0 Å². The van der Waals surface area contributed by atoms with Crippen LogP contribution in [0, 0.1) is 0 Å². The normalized spacial score (nSPS) is 10.1. The monoisotopic (exact) mass is 187 g/mol. The van der Waals surface area contributed by atoms with Crippen LogP contribution in [0.15, 0.2) is 30.5 Å². The molecule has 0 aliphatic heterocycles. The fraction of sp³-hybridized carbons (Fsp3) is 0.100. The molecular formula is C10H9N3O. The molecule has 0 atom stereocenters. The van der Waals surface area contributed by atoms with Gasteiger partial charge in [0.05, 0.1) is 17.2 Å². The smallest absolute Gasteiger partial charge is 0.271 e. The van der Waals surface area contributed by atoms with Crippen LogP contribution in [0.1, 0.15) is 10.5 Å². The first-order valence-electron chi connectivity index (χ1n) is 4.25. The van der Waals surface area contributed by atoms with Crippen LogP contribution < -0.4 is 5.32 Å². The van der Waals surface area contributed by atoms with E-state index < -0.39 is 0 Å². The van der Waals surface area contributed by atoms with Crippen LogP contribution in [0.3, 0.4) is 0 Å². The lowest BCUT2D eigenvalue weighted by molar-refractivity contribution is 0.0958. The Morgan fingerprint density at radius 1 is 1.29 bits per heavy atom. The van der Waals surface area contributed by atoms with Crippen LogP contribution in [-0.2, 0) is 0 Å². The highest BCUT2D eigenvalue weighted by Crippen LogP contribution is 2.07. The lowest BCUT2D eigenvalue weighted by atomic mass is 10.3. The zero-order chi connectivity index (χ0) is 9.97. The molecule has 0 radical (unpaired) electrons. The maximum Gasteiger partial charge on any atom is 0.271 e. The van der Waals surface area contributed by atoms with E-state index in [9.17, 15) is 4.79 Å². The molecule has 0 fully saturated rings. The van der Waals surface area contributed by atoms with Crippen LogP contribution in [-0.4, -0.2) is 22.9 Å². The summed E-state index contributed by atoms with van der Waals surface area (Å²) in [6.45, 7) is 0. The van der Waals surface area contributed by atoms with Crippen molar-refractivity contribution in [2.24, 2.45) is 0 Å². The molecule has 2 rings (SSSR count). The molecule has 2 aromatic rings. The third kappa shape index (κ3) is 1.42. The molecule has 1 aromatic heterocycles. The van der Waals surface area contributed by atoms with E-state index in [4.69, 9.17) is 0 Å². The minimum absolute atomic E-state index is 0.219. The third-order valence-corrected chi connectivity index (χ3v) is 1.91. The van der Waals surface area contributed by atoms with Gasteiger partial charge in [-0.2, -0.15) is 0 Å². The number of rotatable bonds is 1. The standard InChI is InChI=1S/C10H9N3O/c1-11-10(14)9-6-12-7-4-2-3-5-8(7)13-9/h2-6H,1H3,(H,11,14). The summed E-state index contributed by atoms with van der Waals surface area (Å²) in [7, 11) is 1.57. The van der Waals surface area contributed by atoms with Gasteiger partial charge in [-0.1, -0.05) is 12.1 Å². The van der Waals surface area contributed by atoms with E-state index in [-0.39, 0.29) is 5.91 Å². The van der Waals surface area contributed by atoms with E-state index in [1.807, 2.05) is 24.3 Å². The number of hydrogen-bond donors (Lipinski definition) is 1. The summed E-state index contributed by atoms with van der Waals surface area (Å²) in [4.78, 5) is 19.5. The van der Waals surface area contributed by atoms with E-state index >= 15 is 0 Å². The maximum atomic E-state index is 11.2. The number of hydrogen-bond acceptors (Lipinski definition) is 3. The summed E-state index contributed by atoms with van der Waals surface area (Å²) >= 11 is 0. The minimum Gasteiger partial charge on any atom is -0.354 e. The van der Waals surface area contributed by atoms with E-state index in [2.05, 4.69) is 15.3 Å². The van der Waals surface area contributed by atoms with Gasteiger partial charge in [0, 0.05) is 7.05 Å². The third-order valence-electron chi connectivity index (χ3n) is 1.91. The molecule has 1 aromatic carbocycles. The first kappa shape index (κ1) is 8.62. The highest BCUT2D eigenvalue weighted by atomic mass is 16.1. The molecule has 0 aliphatic rings. The van der Waals surface area contributed by atoms with Crippen molar-refractivity contribution in [1.82, 2.24) is 15.3 Å². The van der Waals surface area contributed by atoms with Gasteiger partial charge in [0.25, 0.3) is 5.91 Å². The average Bonchev–Trinajstić information content (AvgIpc) is 2.27. The molecule has 0 bridgehead atoms. The van der Waals surface area contributed by atoms with Gasteiger partial charge in [0.1, 0.15) is 5.69 Å². The first-order valence-corrected chi connectivity index (χ1v) is 4.25. The van der Waals surface area contributed by atoms with Gasteiger partial charge in [-0.25, -0.2) is 4.98 Å². The number of benzene rings is 1. The molecule has 0 aliphatic carbocycles. The molecule has 14 heavy (non-hydrogen) atoms. The maximum absolute atomic E-state index is 11.2. The lowest BCUT2D eigenvalue weighted by Crippen LogP contribution is -2.19. The number of nitrogens with zero attached hydrogens (tertiary/aromatic N) is 2. The summed E-state index contributed by atoms with van der Waals surface area (Å²) in [5.74, 6) is -0.219. The number of aromatic nitrogens is 2. The van der Waals surface area contributed by atoms with Gasteiger partial charge in [-0.3, -0.25) is 9.78 Å².